The first-order valence-corrected chi connectivity index (χ1v) is 5.78. The minimum absolute atomic E-state index is 0.0315. The number of rotatable bonds is 0. The fraction of sp³-hybridized carbons (Fsp3) is 0.400. The Labute approximate surface area is 96.9 Å². The van der Waals surface area contributed by atoms with E-state index in [0.717, 1.165) is 18.4 Å². The molecule has 2 rings (SSSR count). The lowest BCUT2D eigenvalue weighted by molar-refractivity contribution is -0.121. The van der Waals surface area contributed by atoms with E-state index in [1.165, 1.54) is 0 Å². The lowest BCUT2D eigenvalue weighted by Crippen LogP contribution is -2.22. The van der Waals surface area contributed by atoms with E-state index in [4.69, 9.17) is 0 Å². The van der Waals surface area contributed by atoms with Crippen molar-refractivity contribution in [2.24, 2.45) is 5.41 Å². The molecule has 0 heterocycles. The standard InChI is InChI=1S/C15H16O/c1-15(11-8-14(16)9-12-15)10-7-13-5-3-2-4-6-13/h2-6H,8-9,11-12H2,1H3. The van der Waals surface area contributed by atoms with Crippen molar-refractivity contribution in [3.05, 3.63) is 35.9 Å². The summed E-state index contributed by atoms with van der Waals surface area (Å²) >= 11 is 0. The fourth-order valence-corrected chi connectivity index (χ4v) is 1.95. The van der Waals surface area contributed by atoms with E-state index in [1.54, 1.807) is 0 Å². The molecule has 0 N–H and O–H groups in total. The first-order chi connectivity index (χ1) is 7.68. The number of benzene rings is 1. The maximum Gasteiger partial charge on any atom is 0.133 e. The van der Waals surface area contributed by atoms with Gasteiger partial charge in [0.25, 0.3) is 0 Å². The molecule has 0 amide bonds. The summed E-state index contributed by atoms with van der Waals surface area (Å²) in [5.41, 5.74) is 1.09. The molecular formula is C15H16O. The molecular weight excluding hydrogens is 196 g/mol. The van der Waals surface area contributed by atoms with Gasteiger partial charge in [-0.25, -0.2) is 0 Å². The first kappa shape index (κ1) is 11.0. The normalized spacial score (nSPS) is 18.7. The van der Waals surface area contributed by atoms with Crippen molar-refractivity contribution in [1.29, 1.82) is 0 Å². The summed E-state index contributed by atoms with van der Waals surface area (Å²) in [6, 6.07) is 10.0. The molecule has 1 saturated carbocycles. The lowest BCUT2D eigenvalue weighted by Gasteiger charge is -2.27. The molecule has 16 heavy (non-hydrogen) atoms. The van der Waals surface area contributed by atoms with E-state index in [-0.39, 0.29) is 5.41 Å². The van der Waals surface area contributed by atoms with Gasteiger partial charge in [-0.1, -0.05) is 30.0 Å². The zero-order valence-electron chi connectivity index (χ0n) is 9.62. The predicted molar refractivity (Wildman–Crippen MR) is 64.9 cm³/mol. The number of Topliss-reactive ketones (excluding diaryl/α,β-unsaturated/α-hetero) is 1. The van der Waals surface area contributed by atoms with Crippen molar-refractivity contribution in [2.75, 3.05) is 0 Å². The van der Waals surface area contributed by atoms with Crippen LogP contribution in [0.2, 0.25) is 0 Å². The average Bonchev–Trinajstić information content (AvgIpc) is 2.33. The van der Waals surface area contributed by atoms with Gasteiger partial charge in [-0.05, 0) is 31.9 Å². The molecule has 0 spiro atoms. The Balaban J connectivity index is 2.10. The average molecular weight is 212 g/mol. The molecule has 1 aliphatic rings. The summed E-state index contributed by atoms with van der Waals surface area (Å²) in [5, 5.41) is 0. The van der Waals surface area contributed by atoms with Gasteiger partial charge in [-0.3, -0.25) is 4.79 Å². The van der Waals surface area contributed by atoms with Crippen LogP contribution in [0.4, 0.5) is 0 Å². The van der Waals surface area contributed by atoms with Gasteiger partial charge < -0.3 is 0 Å². The second kappa shape index (κ2) is 4.53. The van der Waals surface area contributed by atoms with Crippen molar-refractivity contribution in [3.63, 3.8) is 0 Å². The molecule has 0 atom stereocenters. The zero-order valence-corrected chi connectivity index (χ0v) is 9.62. The van der Waals surface area contributed by atoms with Gasteiger partial charge in [0, 0.05) is 23.8 Å². The topological polar surface area (TPSA) is 17.1 Å². The molecule has 0 bridgehead atoms. The smallest absolute Gasteiger partial charge is 0.133 e. The van der Waals surface area contributed by atoms with Crippen molar-refractivity contribution in [3.8, 4) is 11.8 Å². The number of carbonyl (C=O) groups is 1. The summed E-state index contributed by atoms with van der Waals surface area (Å²) in [7, 11) is 0. The summed E-state index contributed by atoms with van der Waals surface area (Å²) in [5.74, 6) is 6.93. The molecule has 0 unspecified atom stereocenters. The highest BCUT2D eigenvalue weighted by atomic mass is 16.1. The third-order valence-electron chi connectivity index (χ3n) is 3.19. The maximum absolute atomic E-state index is 11.2. The van der Waals surface area contributed by atoms with E-state index in [2.05, 4.69) is 18.8 Å². The lowest BCUT2D eigenvalue weighted by atomic mass is 9.76. The van der Waals surface area contributed by atoms with Gasteiger partial charge in [0.1, 0.15) is 5.78 Å². The predicted octanol–water partition coefficient (Wildman–Crippen LogP) is 3.19. The van der Waals surface area contributed by atoms with Gasteiger partial charge in [0.2, 0.25) is 0 Å². The minimum Gasteiger partial charge on any atom is -0.300 e. The Bertz CT molecular complexity index is 423. The SMILES string of the molecule is CC1(C#Cc2ccccc2)CCC(=O)CC1. The van der Waals surface area contributed by atoms with E-state index < -0.39 is 0 Å². The van der Waals surface area contributed by atoms with E-state index >= 15 is 0 Å². The molecule has 0 radical (unpaired) electrons. The Morgan fingerprint density at radius 2 is 1.75 bits per heavy atom. The highest BCUT2D eigenvalue weighted by Gasteiger charge is 2.27. The molecule has 0 aliphatic heterocycles. The molecule has 0 saturated heterocycles. The third-order valence-corrected chi connectivity index (χ3v) is 3.19. The van der Waals surface area contributed by atoms with Gasteiger partial charge in [-0.2, -0.15) is 0 Å². The molecule has 0 aromatic heterocycles. The third kappa shape index (κ3) is 2.73. The Kier molecular flexibility index (Phi) is 3.10. The van der Waals surface area contributed by atoms with E-state index in [1.807, 2.05) is 30.3 Å². The minimum atomic E-state index is 0.0315. The summed E-state index contributed by atoms with van der Waals surface area (Å²) in [6.07, 6.45) is 3.21. The van der Waals surface area contributed by atoms with Crippen molar-refractivity contribution in [2.45, 2.75) is 32.6 Å². The van der Waals surface area contributed by atoms with Crippen LogP contribution in [0.1, 0.15) is 38.2 Å². The van der Waals surface area contributed by atoms with Crippen LogP contribution in [0, 0.1) is 17.3 Å². The molecule has 1 aromatic carbocycles. The maximum atomic E-state index is 11.2. The van der Waals surface area contributed by atoms with Gasteiger partial charge in [-0.15, -0.1) is 0 Å². The quantitative estimate of drug-likeness (QED) is 0.604. The summed E-state index contributed by atoms with van der Waals surface area (Å²) in [4.78, 5) is 11.2. The van der Waals surface area contributed by atoms with Crippen LogP contribution in [0.15, 0.2) is 30.3 Å². The Hall–Kier alpha value is -1.55. The first-order valence-electron chi connectivity index (χ1n) is 5.78. The fourth-order valence-electron chi connectivity index (χ4n) is 1.95. The zero-order chi connectivity index (χ0) is 11.4. The van der Waals surface area contributed by atoms with Crippen LogP contribution >= 0.6 is 0 Å². The van der Waals surface area contributed by atoms with Crippen LogP contribution < -0.4 is 0 Å². The number of ketones is 1. The molecule has 1 aromatic rings. The number of carbonyl (C=O) groups excluding carboxylic acids is 1. The van der Waals surface area contributed by atoms with Crippen LogP contribution in [-0.4, -0.2) is 5.78 Å². The monoisotopic (exact) mass is 212 g/mol. The number of hydrogen-bond donors (Lipinski definition) is 0. The Morgan fingerprint density at radius 1 is 1.12 bits per heavy atom. The van der Waals surface area contributed by atoms with Gasteiger partial charge in [0.05, 0.1) is 0 Å². The summed E-state index contributed by atoms with van der Waals surface area (Å²) < 4.78 is 0. The highest BCUT2D eigenvalue weighted by Crippen LogP contribution is 2.33. The van der Waals surface area contributed by atoms with Crippen LogP contribution in [0.25, 0.3) is 0 Å². The molecule has 1 aliphatic carbocycles. The van der Waals surface area contributed by atoms with Crippen LogP contribution in [0.5, 0.6) is 0 Å². The van der Waals surface area contributed by atoms with Crippen LogP contribution in [0.3, 0.4) is 0 Å². The van der Waals surface area contributed by atoms with Crippen molar-refractivity contribution in [1.82, 2.24) is 0 Å². The number of hydrogen-bond acceptors (Lipinski definition) is 1. The second-order valence-electron chi connectivity index (χ2n) is 4.72. The molecule has 1 fully saturated rings. The van der Waals surface area contributed by atoms with E-state index in [9.17, 15) is 4.79 Å². The molecule has 1 heteroatoms. The largest absolute Gasteiger partial charge is 0.300 e. The van der Waals surface area contributed by atoms with Gasteiger partial charge in [0.15, 0.2) is 0 Å². The second-order valence-corrected chi connectivity index (χ2v) is 4.72. The Morgan fingerprint density at radius 3 is 2.38 bits per heavy atom. The van der Waals surface area contributed by atoms with Crippen molar-refractivity contribution >= 4 is 5.78 Å². The van der Waals surface area contributed by atoms with Crippen molar-refractivity contribution < 1.29 is 4.79 Å². The van der Waals surface area contributed by atoms with E-state index in [0.29, 0.717) is 18.6 Å². The van der Waals surface area contributed by atoms with Crippen LogP contribution in [-0.2, 0) is 4.79 Å². The highest BCUT2D eigenvalue weighted by molar-refractivity contribution is 5.79. The molecule has 82 valence electrons. The molecule has 1 nitrogen and oxygen atoms in total. The van der Waals surface area contributed by atoms with Gasteiger partial charge >= 0.3 is 0 Å². The summed E-state index contributed by atoms with van der Waals surface area (Å²) in [6.45, 7) is 2.16.